The van der Waals surface area contributed by atoms with E-state index < -0.39 is 102 Å². The molecule has 0 spiro atoms. The van der Waals surface area contributed by atoms with Gasteiger partial charge in [-0.1, -0.05) is 34.6 Å². The molecule has 14 heteroatoms. The number of carbonyl (C=O) groups excluding carboxylic acids is 2. The summed E-state index contributed by atoms with van der Waals surface area (Å²) < 4.78 is 44.6. The first-order valence-electron chi connectivity index (χ1n) is 20.0. The normalized spacial score (nSPS) is 47.6. The predicted molar refractivity (Wildman–Crippen MR) is 200 cm³/mol. The maximum atomic E-state index is 14.3. The number of likely N-dealkylation sites (N-methyl/N-ethyl adjacent to an activating group) is 1. The van der Waals surface area contributed by atoms with E-state index in [0.717, 1.165) is 0 Å². The monoisotopic (exact) mass is 776 g/mol. The van der Waals surface area contributed by atoms with Gasteiger partial charge in [0.15, 0.2) is 12.6 Å². The molecule has 3 aliphatic rings. The van der Waals surface area contributed by atoms with Crippen molar-refractivity contribution in [2.24, 2.45) is 23.7 Å². The number of cyclic esters (lactones) is 1. The van der Waals surface area contributed by atoms with Crippen molar-refractivity contribution in [2.75, 3.05) is 27.8 Å². The Morgan fingerprint density at radius 3 is 2.06 bits per heavy atom. The van der Waals surface area contributed by atoms with Gasteiger partial charge < -0.3 is 58.5 Å². The zero-order valence-electron chi connectivity index (χ0n) is 35.3. The summed E-state index contributed by atoms with van der Waals surface area (Å²) in [6, 6.07) is -0.284. The molecule has 316 valence electrons. The van der Waals surface area contributed by atoms with Crippen LogP contribution in [0, 0.1) is 23.7 Å². The zero-order valence-corrected chi connectivity index (χ0v) is 35.3. The van der Waals surface area contributed by atoms with Gasteiger partial charge in [0.25, 0.3) is 0 Å². The van der Waals surface area contributed by atoms with Crippen molar-refractivity contribution in [2.45, 2.75) is 193 Å². The highest BCUT2D eigenvalue weighted by atomic mass is 16.7. The lowest BCUT2D eigenvalue weighted by Gasteiger charge is -2.50. The van der Waals surface area contributed by atoms with Crippen LogP contribution in [0.15, 0.2) is 0 Å². The van der Waals surface area contributed by atoms with Crippen LogP contribution in [0.4, 0.5) is 0 Å². The molecule has 0 aromatic carbocycles. The van der Waals surface area contributed by atoms with Crippen LogP contribution in [0.25, 0.3) is 0 Å². The van der Waals surface area contributed by atoms with Crippen LogP contribution in [0.1, 0.15) is 108 Å². The predicted octanol–water partition coefficient (Wildman–Crippen LogP) is 3.22. The highest BCUT2D eigenvalue weighted by molar-refractivity contribution is 5.83. The minimum absolute atomic E-state index is 0.128. The number of carbonyl (C=O) groups is 2. The molecular formula is C40H73NO13. The second-order valence-electron chi connectivity index (χ2n) is 17.3. The van der Waals surface area contributed by atoms with Gasteiger partial charge in [-0.2, -0.15) is 0 Å². The fraction of sp³-hybridized carbons (Fsp3) is 0.950. The summed E-state index contributed by atoms with van der Waals surface area (Å²) in [5, 5.41) is 45.9. The lowest BCUT2D eigenvalue weighted by atomic mass is 9.73. The summed E-state index contributed by atoms with van der Waals surface area (Å²) in [4.78, 5) is 30.3. The number of aliphatic hydroxyl groups excluding tert-OH is 3. The van der Waals surface area contributed by atoms with E-state index in [0.29, 0.717) is 19.4 Å². The number of Topliss-reactive ketones (excluding diaryl/α,β-unsaturated/α-hetero) is 1. The van der Waals surface area contributed by atoms with E-state index in [-0.39, 0.29) is 37.2 Å². The molecule has 0 bridgehead atoms. The van der Waals surface area contributed by atoms with E-state index in [1.807, 2.05) is 46.7 Å². The molecule has 0 aromatic heterocycles. The molecule has 4 N–H and O–H groups in total. The molecule has 14 nitrogen and oxygen atoms in total. The first-order valence-corrected chi connectivity index (χ1v) is 20.0. The zero-order chi connectivity index (χ0) is 41.1. The van der Waals surface area contributed by atoms with Crippen molar-refractivity contribution in [3.8, 4) is 0 Å². The summed E-state index contributed by atoms with van der Waals surface area (Å²) >= 11 is 0. The van der Waals surface area contributed by atoms with Crippen LogP contribution in [0.3, 0.4) is 0 Å². The maximum Gasteiger partial charge on any atom is 0.311 e. The van der Waals surface area contributed by atoms with Gasteiger partial charge in [-0.25, -0.2) is 0 Å². The number of methoxy groups -OCH3 is 1. The molecule has 0 aromatic rings. The third kappa shape index (κ3) is 10.2. The number of esters is 1. The second-order valence-corrected chi connectivity index (χ2v) is 17.3. The van der Waals surface area contributed by atoms with Gasteiger partial charge in [0.1, 0.15) is 29.7 Å². The third-order valence-electron chi connectivity index (χ3n) is 12.4. The van der Waals surface area contributed by atoms with E-state index >= 15 is 0 Å². The number of rotatable bonds is 10. The van der Waals surface area contributed by atoms with Crippen LogP contribution in [0.5, 0.6) is 0 Å². The summed E-state index contributed by atoms with van der Waals surface area (Å²) in [7, 11) is 5.28. The number of hydrogen-bond acceptors (Lipinski definition) is 14. The number of aliphatic hydroxyl groups is 4. The highest BCUT2D eigenvalue weighted by Gasteiger charge is 2.54. The maximum absolute atomic E-state index is 14.3. The Balaban J connectivity index is 2.27. The molecule has 0 aliphatic carbocycles. The highest BCUT2D eigenvalue weighted by Crippen LogP contribution is 2.42. The summed E-state index contributed by atoms with van der Waals surface area (Å²) in [5.41, 5.74) is -4.24. The fourth-order valence-electron chi connectivity index (χ4n) is 8.86. The molecule has 18 atom stereocenters. The SMILES string of the molecule is CCCO[C@]1(C)C[C@H](C)C(=O)[C@H](C)[C@@H](O)[C@](C)(O)[C@@H](CC)OC(=O)[C@H](C)[C@@H](O[C@H]2C[C@@](C)(OC)[C@@H](O)[C@H](C)O2)[C@H](C)[C@H]1O[C@@H]1O[C@H](C)C[C@H](N(C)C)[C@H]1O. The van der Waals surface area contributed by atoms with Crippen LogP contribution >= 0.6 is 0 Å². The van der Waals surface area contributed by atoms with E-state index in [4.69, 9.17) is 33.2 Å². The molecule has 0 radical (unpaired) electrons. The largest absolute Gasteiger partial charge is 0.459 e. The minimum atomic E-state index is -1.97. The first-order chi connectivity index (χ1) is 25.0. The second kappa shape index (κ2) is 19.0. The van der Waals surface area contributed by atoms with Crippen LogP contribution in [-0.4, -0.2) is 149 Å². The molecule has 0 amide bonds. The first kappa shape index (κ1) is 47.1. The fourth-order valence-corrected chi connectivity index (χ4v) is 8.86. The summed E-state index contributed by atoms with van der Waals surface area (Å²) in [6.07, 6.45) is -8.06. The summed E-state index contributed by atoms with van der Waals surface area (Å²) in [5.74, 6) is -4.45. The molecule has 0 saturated carbocycles. The van der Waals surface area contributed by atoms with Crippen molar-refractivity contribution >= 4 is 11.8 Å². The van der Waals surface area contributed by atoms with Crippen LogP contribution in [-0.2, 0) is 42.7 Å². The molecule has 3 fully saturated rings. The quantitative estimate of drug-likeness (QED) is 0.238. The van der Waals surface area contributed by atoms with E-state index in [2.05, 4.69) is 0 Å². The van der Waals surface area contributed by atoms with E-state index in [1.54, 1.807) is 41.5 Å². The van der Waals surface area contributed by atoms with Crippen LogP contribution < -0.4 is 0 Å². The standard InChI is InChI=1S/C40H73NO13/c1-15-17-49-39(10)19-21(3)30(42)23(5)33(44)40(11,47)28(16-2)52-36(46)25(7)32(53-29-20-38(9,48-14)34(45)26(8)51-29)24(6)35(39)54-37-31(43)27(41(12)13)18-22(4)50-37/h21-29,31-35,37,43-45,47H,15-20H2,1-14H3/t21-,22+,23-,24-,25+,26-,27-,28+,29-,31+,32-,33+,34-,35+,37-,38+,39+,40+/m0/s1. The smallest absolute Gasteiger partial charge is 0.311 e. The Morgan fingerprint density at radius 1 is 0.870 bits per heavy atom. The minimum Gasteiger partial charge on any atom is -0.459 e. The molecule has 3 saturated heterocycles. The Kier molecular flexibility index (Phi) is 16.5. The van der Waals surface area contributed by atoms with Crippen LogP contribution in [0.2, 0.25) is 0 Å². The molecular weight excluding hydrogens is 702 g/mol. The van der Waals surface area contributed by atoms with E-state index in [9.17, 15) is 30.0 Å². The molecule has 3 rings (SSSR count). The molecule has 3 aliphatic heterocycles. The molecule has 3 heterocycles. The van der Waals surface area contributed by atoms with Gasteiger partial charge in [0, 0.05) is 43.9 Å². The number of ketones is 1. The molecule has 54 heavy (non-hydrogen) atoms. The van der Waals surface area contributed by atoms with Gasteiger partial charge in [-0.05, 0) is 81.3 Å². The average Bonchev–Trinajstić information content (AvgIpc) is 3.11. The summed E-state index contributed by atoms with van der Waals surface area (Å²) in [6.45, 7) is 19.5. The van der Waals surface area contributed by atoms with Gasteiger partial charge in [0.05, 0.1) is 47.6 Å². The van der Waals surface area contributed by atoms with E-state index in [1.165, 1.54) is 14.0 Å². The Labute approximate surface area is 323 Å². The van der Waals surface area contributed by atoms with Crippen molar-refractivity contribution in [3.63, 3.8) is 0 Å². The van der Waals surface area contributed by atoms with Crippen molar-refractivity contribution in [1.29, 1.82) is 0 Å². The Bertz CT molecular complexity index is 1220. The Morgan fingerprint density at radius 2 is 1.50 bits per heavy atom. The third-order valence-corrected chi connectivity index (χ3v) is 12.4. The van der Waals surface area contributed by atoms with Crippen molar-refractivity contribution in [1.82, 2.24) is 4.90 Å². The van der Waals surface area contributed by atoms with Gasteiger partial charge in [0.2, 0.25) is 0 Å². The molecule has 0 unspecified atom stereocenters. The number of ether oxygens (including phenoxy) is 7. The van der Waals surface area contributed by atoms with Crippen molar-refractivity contribution in [3.05, 3.63) is 0 Å². The number of hydrogen-bond donors (Lipinski definition) is 4. The van der Waals surface area contributed by atoms with Gasteiger partial charge in [-0.15, -0.1) is 0 Å². The van der Waals surface area contributed by atoms with Gasteiger partial charge >= 0.3 is 5.97 Å². The van der Waals surface area contributed by atoms with Gasteiger partial charge in [-0.3, -0.25) is 9.59 Å². The Hall–Kier alpha value is -1.30. The number of nitrogens with zero attached hydrogens (tertiary/aromatic N) is 1. The lowest BCUT2D eigenvalue weighted by molar-refractivity contribution is -0.320. The van der Waals surface area contributed by atoms with Crippen molar-refractivity contribution < 1.29 is 63.2 Å². The lowest BCUT2D eigenvalue weighted by Crippen LogP contribution is -2.61. The average molecular weight is 776 g/mol. The topological polar surface area (TPSA) is 183 Å².